The van der Waals surface area contributed by atoms with E-state index in [2.05, 4.69) is 122 Å². The van der Waals surface area contributed by atoms with E-state index < -0.39 is 7.26 Å². The molecule has 4 aromatic rings. The first-order valence-corrected chi connectivity index (χ1v) is 17.4. The molecule has 0 aromatic heterocycles. The van der Waals surface area contributed by atoms with Crippen LogP contribution in [0.4, 0.5) is 0 Å². The van der Waals surface area contributed by atoms with Crippen LogP contribution in [0.3, 0.4) is 0 Å². The van der Waals surface area contributed by atoms with E-state index in [-0.39, 0.29) is 0 Å². The fourth-order valence-electron chi connectivity index (χ4n) is 5.76. The summed E-state index contributed by atoms with van der Waals surface area (Å²) < 4.78 is 6.13. The van der Waals surface area contributed by atoms with Crippen molar-refractivity contribution in [1.82, 2.24) is 0 Å². The second kappa shape index (κ2) is 16.3. The summed E-state index contributed by atoms with van der Waals surface area (Å²) in [5.41, 5.74) is 1.37. The monoisotopic (exact) mass is 538 g/mol. The molecule has 206 valence electrons. The van der Waals surface area contributed by atoms with Gasteiger partial charge in [-0.25, -0.2) is 0 Å². The van der Waals surface area contributed by atoms with Gasteiger partial charge in [0, 0.05) is 0 Å². The first kappa shape index (κ1) is 29.1. The SMILES string of the molecule is CCCCCCCCCCCCOc1ccc(C[PH](c2ccccc2)(c2ccccc2)c2ccccc2)cc1. The quantitative estimate of drug-likeness (QED) is 0.0962. The molecular formula is C37H47OP. The third-order valence-electron chi connectivity index (χ3n) is 7.96. The minimum atomic E-state index is -2.28. The predicted molar refractivity (Wildman–Crippen MR) is 174 cm³/mol. The van der Waals surface area contributed by atoms with Gasteiger partial charge in [0.1, 0.15) is 0 Å². The number of ether oxygens (including phenoxy) is 1. The zero-order valence-electron chi connectivity index (χ0n) is 23.9. The van der Waals surface area contributed by atoms with Crippen LogP contribution >= 0.6 is 7.26 Å². The van der Waals surface area contributed by atoms with Gasteiger partial charge in [0.15, 0.2) is 0 Å². The molecule has 2 heteroatoms. The van der Waals surface area contributed by atoms with Crippen LogP contribution in [0, 0.1) is 0 Å². The molecule has 0 radical (unpaired) electrons. The van der Waals surface area contributed by atoms with Gasteiger partial charge < -0.3 is 0 Å². The van der Waals surface area contributed by atoms with Gasteiger partial charge in [0.25, 0.3) is 0 Å². The summed E-state index contributed by atoms with van der Waals surface area (Å²) in [5.74, 6) is 0.987. The summed E-state index contributed by atoms with van der Waals surface area (Å²) in [6, 6.07) is 42.4. The summed E-state index contributed by atoms with van der Waals surface area (Å²) >= 11 is 0. The Morgan fingerprint density at radius 1 is 0.462 bits per heavy atom. The van der Waals surface area contributed by atoms with Crippen LogP contribution in [0.1, 0.15) is 76.7 Å². The van der Waals surface area contributed by atoms with Crippen molar-refractivity contribution < 1.29 is 4.74 Å². The van der Waals surface area contributed by atoms with Gasteiger partial charge in [-0.05, 0) is 0 Å². The standard InChI is InChI=1S/C37H47OP/c1-2-3-4-5-6-7-8-9-10-20-31-38-34-29-27-33(28-30-34)32-39(35-21-14-11-15-22-35,36-23-16-12-17-24-36)37-25-18-13-19-26-37/h11-19,21-30,39H,2-10,20,31-32H2,1H3. The van der Waals surface area contributed by atoms with Gasteiger partial charge in [0.2, 0.25) is 0 Å². The molecule has 0 aliphatic carbocycles. The van der Waals surface area contributed by atoms with Gasteiger partial charge in [-0.1, -0.05) is 39.0 Å². The Balaban J connectivity index is 1.38. The molecule has 0 fully saturated rings. The summed E-state index contributed by atoms with van der Waals surface area (Å²) in [4.78, 5) is 0. The Morgan fingerprint density at radius 2 is 0.872 bits per heavy atom. The van der Waals surface area contributed by atoms with Crippen LogP contribution in [0.5, 0.6) is 5.75 Å². The van der Waals surface area contributed by atoms with E-state index in [1.807, 2.05) is 0 Å². The van der Waals surface area contributed by atoms with Crippen LogP contribution in [0.25, 0.3) is 0 Å². The van der Waals surface area contributed by atoms with E-state index in [1.54, 1.807) is 0 Å². The van der Waals surface area contributed by atoms with Crippen LogP contribution in [0.2, 0.25) is 0 Å². The third-order valence-corrected chi connectivity index (χ3v) is 12.9. The van der Waals surface area contributed by atoms with Crippen LogP contribution in [-0.4, -0.2) is 6.61 Å². The number of rotatable bonds is 17. The molecule has 0 saturated heterocycles. The van der Waals surface area contributed by atoms with Crippen molar-refractivity contribution in [3.8, 4) is 5.75 Å². The number of hydrogen-bond acceptors (Lipinski definition) is 1. The average molecular weight is 539 g/mol. The maximum absolute atomic E-state index is 6.13. The van der Waals surface area contributed by atoms with Crippen molar-refractivity contribution in [2.24, 2.45) is 0 Å². The molecule has 0 amide bonds. The molecule has 0 aliphatic heterocycles. The van der Waals surface area contributed by atoms with Crippen molar-refractivity contribution in [2.75, 3.05) is 6.61 Å². The Bertz CT molecular complexity index is 1080. The summed E-state index contributed by atoms with van der Waals surface area (Å²) in [6.07, 6.45) is 14.5. The third kappa shape index (κ3) is 8.55. The van der Waals surface area contributed by atoms with Crippen molar-refractivity contribution >= 4 is 23.2 Å². The predicted octanol–water partition coefficient (Wildman–Crippen LogP) is 9.21. The summed E-state index contributed by atoms with van der Waals surface area (Å²) in [7, 11) is -2.28. The molecule has 0 aliphatic rings. The first-order chi connectivity index (χ1) is 19.3. The number of benzene rings is 4. The van der Waals surface area contributed by atoms with Crippen molar-refractivity contribution in [1.29, 1.82) is 0 Å². The molecule has 4 rings (SSSR count). The maximum atomic E-state index is 6.13. The molecule has 0 saturated carbocycles. The first-order valence-electron chi connectivity index (χ1n) is 15.2. The van der Waals surface area contributed by atoms with E-state index in [1.165, 1.54) is 79.3 Å². The van der Waals surface area contributed by atoms with E-state index >= 15 is 0 Å². The molecule has 0 unspecified atom stereocenters. The number of hydrogen-bond donors (Lipinski definition) is 0. The second-order valence-corrected chi connectivity index (χ2v) is 14.8. The topological polar surface area (TPSA) is 9.23 Å². The van der Waals surface area contributed by atoms with Gasteiger partial charge in [-0.3, -0.25) is 0 Å². The van der Waals surface area contributed by atoms with Crippen LogP contribution in [0.15, 0.2) is 115 Å². The Morgan fingerprint density at radius 3 is 1.31 bits per heavy atom. The fraction of sp³-hybridized carbons (Fsp3) is 0.351. The van der Waals surface area contributed by atoms with Crippen molar-refractivity contribution in [3.05, 3.63) is 121 Å². The molecule has 0 spiro atoms. The molecule has 0 bridgehead atoms. The molecule has 0 heterocycles. The molecular weight excluding hydrogens is 491 g/mol. The Hall–Kier alpha value is -2.89. The van der Waals surface area contributed by atoms with E-state index in [0.29, 0.717) is 0 Å². The molecule has 0 atom stereocenters. The molecule has 0 N–H and O–H groups in total. The van der Waals surface area contributed by atoms with Crippen LogP contribution in [-0.2, 0) is 6.16 Å². The van der Waals surface area contributed by atoms with E-state index in [0.717, 1.165) is 24.9 Å². The van der Waals surface area contributed by atoms with Gasteiger partial charge in [-0.2, -0.15) is 0 Å². The van der Waals surface area contributed by atoms with Gasteiger partial charge in [0.05, 0.1) is 0 Å². The normalized spacial score (nSPS) is 11.8. The van der Waals surface area contributed by atoms with Crippen LogP contribution < -0.4 is 20.7 Å². The molecule has 4 aromatic carbocycles. The average Bonchev–Trinajstić information content (AvgIpc) is 3.01. The van der Waals surface area contributed by atoms with Gasteiger partial charge in [-0.15, -0.1) is 0 Å². The van der Waals surface area contributed by atoms with Crippen molar-refractivity contribution in [2.45, 2.75) is 77.3 Å². The second-order valence-electron chi connectivity index (χ2n) is 10.9. The van der Waals surface area contributed by atoms with Crippen molar-refractivity contribution in [3.63, 3.8) is 0 Å². The van der Waals surface area contributed by atoms with E-state index in [9.17, 15) is 0 Å². The van der Waals surface area contributed by atoms with E-state index in [4.69, 9.17) is 4.74 Å². The minimum absolute atomic E-state index is 0.812. The zero-order chi connectivity index (χ0) is 27.0. The molecule has 39 heavy (non-hydrogen) atoms. The molecule has 1 nitrogen and oxygen atoms in total. The Labute approximate surface area is 238 Å². The summed E-state index contributed by atoms with van der Waals surface area (Å²) in [6.45, 7) is 3.10. The number of unbranched alkanes of at least 4 members (excludes halogenated alkanes) is 9. The summed E-state index contributed by atoms with van der Waals surface area (Å²) in [5, 5.41) is 4.34. The van der Waals surface area contributed by atoms with Gasteiger partial charge >= 0.3 is 199 Å². The zero-order valence-corrected chi connectivity index (χ0v) is 24.9. The Kier molecular flexibility index (Phi) is 12.1. The fourth-order valence-corrected chi connectivity index (χ4v) is 10.5.